The molecule has 1 aromatic rings. The number of aromatic nitrogens is 1. The second kappa shape index (κ2) is 4.11. The molecule has 0 fully saturated rings. The lowest BCUT2D eigenvalue weighted by atomic mass is 10.0. The zero-order valence-corrected chi connectivity index (χ0v) is 8.96. The first kappa shape index (κ1) is 9.69. The number of nitrogens with zero attached hydrogens (tertiary/aromatic N) is 2. The van der Waals surface area contributed by atoms with Gasteiger partial charge in [0.15, 0.2) is 0 Å². The molecule has 0 bridgehead atoms. The van der Waals surface area contributed by atoms with E-state index in [-0.39, 0.29) is 0 Å². The third-order valence-corrected chi connectivity index (χ3v) is 2.69. The Bertz CT molecular complexity index is 360. The summed E-state index contributed by atoms with van der Waals surface area (Å²) in [7, 11) is 2.13. The largest absolute Gasteiger partial charge is 0.302 e. The Kier molecular flexibility index (Phi) is 2.85. The Hall–Kier alpha value is -0.860. The van der Waals surface area contributed by atoms with Crippen molar-refractivity contribution < 1.29 is 0 Å². The van der Waals surface area contributed by atoms with E-state index >= 15 is 0 Å². The molecule has 0 amide bonds. The second-order valence-electron chi connectivity index (χ2n) is 3.63. The van der Waals surface area contributed by atoms with Crippen LogP contribution in [0, 0.1) is 0 Å². The molecule has 0 aliphatic carbocycles. The molecule has 0 atom stereocenters. The lowest BCUT2D eigenvalue weighted by Gasteiger charge is -2.21. The summed E-state index contributed by atoms with van der Waals surface area (Å²) in [4.78, 5) is 6.39. The van der Waals surface area contributed by atoms with E-state index in [1.54, 1.807) is 6.20 Å². The lowest BCUT2D eigenvalue weighted by molar-refractivity contribution is 0.370. The van der Waals surface area contributed by atoms with Crippen molar-refractivity contribution in [2.24, 2.45) is 0 Å². The van der Waals surface area contributed by atoms with Gasteiger partial charge in [-0.2, -0.15) is 0 Å². The van der Waals surface area contributed by atoms with Gasteiger partial charge in [-0.3, -0.25) is 4.98 Å². The predicted octanol–water partition coefficient (Wildman–Crippen LogP) is 2.45. The van der Waals surface area contributed by atoms with E-state index in [1.807, 2.05) is 12.3 Å². The fourth-order valence-electron chi connectivity index (χ4n) is 1.62. The summed E-state index contributed by atoms with van der Waals surface area (Å²) in [6.45, 7) is 2.13. The highest BCUT2D eigenvalue weighted by Crippen LogP contribution is 2.22. The van der Waals surface area contributed by atoms with Crippen LogP contribution >= 0.6 is 11.6 Å². The first-order valence-electron chi connectivity index (χ1n) is 4.74. The van der Waals surface area contributed by atoms with E-state index in [9.17, 15) is 0 Å². The summed E-state index contributed by atoms with van der Waals surface area (Å²) >= 11 is 5.89. The van der Waals surface area contributed by atoms with Gasteiger partial charge in [0.1, 0.15) is 0 Å². The van der Waals surface area contributed by atoms with Gasteiger partial charge in [0.05, 0.1) is 5.02 Å². The van der Waals surface area contributed by atoms with Crippen LogP contribution in [0.5, 0.6) is 0 Å². The summed E-state index contributed by atoms with van der Waals surface area (Å²) in [5.41, 5.74) is 2.52. The van der Waals surface area contributed by atoms with Crippen LogP contribution in [-0.4, -0.2) is 30.0 Å². The van der Waals surface area contributed by atoms with Crippen molar-refractivity contribution in [2.75, 3.05) is 20.1 Å². The predicted molar refractivity (Wildman–Crippen MR) is 59.3 cm³/mol. The topological polar surface area (TPSA) is 16.1 Å². The van der Waals surface area contributed by atoms with Gasteiger partial charge in [-0.25, -0.2) is 0 Å². The van der Waals surface area contributed by atoms with Crippen molar-refractivity contribution >= 4 is 17.2 Å². The van der Waals surface area contributed by atoms with E-state index in [0.717, 1.165) is 25.1 Å². The third-order valence-electron chi connectivity index (χ3n) is 2.49. The maximum absolute atomic E-state index is 5.89. The third kappa shape index (κ3) is 2.14. The number of halogens is 1. The quantitative estimate of drug-likeness (QED) is 0.705. The maximum atomic E-state index is 5.89. The van der Waals surface area contributed by atoms with Crippen LogP contribution < -0.4 is 0 Å². The summed E-state index contributed by atoms with van der Waals surface area (Å²) in [5.74, 6) is 0. The van der Waals surface area contributed by atoms with Crippen LogP contribution in [0.3, 0.4) is 0 Å². The van der Waals surface area contributed by atoms with E-state index in [2.05, 4.69) is 23.0 Å². The molecule has 0 aromatic carbocycles. The molecule has 2 heterocycles. The molecule has 0 spiro atoms. The molecular formula is C11H13ClN2. The van der Waals surface area contributed by atoms with Crippen molar-refractivity contribution in [1.82, 2.24) is 9.88 Å². The smallest absolute Gasteiger partial charge is 0.0595 e. The van der Waals surface area contributed by atoms with E-state index in [0.29, 0.717) is 5.02 Å². The van der Waals surface area contributed by atoms with Crippen molar-refractivity contribution in [1.29, 1.82) is 0 Å². The van der Waals surface area contributed by atoms with Crippen molar-refractivity contribution in [3.05, 3.63) is 35.1 Å². The molecule has 14 heavy (non-hydrogen) atoms. The zero-order valence-electron chi connectivity index (χ0n) is 8.20. The average Bonchev–Trinajstić information content (AvgIpc) is 2.19. The van der Waals surface area contributed by atoms with Crippen molar-refractivity contribution in [2.45, 2.75) is 6.42 Å². The van der Waals surface area contributed by atoms with Gasteiger partial charge in [-0.1, -0.05) is 17.7 Å². The van der Waals surface area contributed by atoms with Crippen LogP contribution in [-0.2, 0) is 0 Å². The van der Waals surface area contributed by atoms with Crippen LogP contribution in [0.2, 0.25) is 5.02 Å². The minimum absolute atomic E-state index is 0.710. The molecule has 1 aliphatic rings. The van der Waals surface area contributed by atoms with Gasteiger partial charge >= 0.3 is 0 Å². The Labute approximate surface area is 89.2 Å². The van der Waals surface area contributed by atoms with Crippen molar-refractivity contribution in [3.63, 3.8) is 0 Å². The minimum atomic E-state index is 0.710. The molecular weight excluding hydrogens is 196 g/mol. The van der Waals surface area contributed by atoms with Gasteiger partial charge in [0, 0.05) is 25.5 Å². The average molecular weight is 209 g/mol. The van der Waals surface area contributed by atoms with Crippen LogP contribution in [0.1, 0.15) is 12.0 Å². The van der Waals surface area contributed by atoms with E-state index < -0.39 is 0 Å². The SMILES string of the molecule is CN1CC=C(c2cncc(Cl)c2)CC1. The summed E-state index contributed by atoms with van der Waals surface area (Å²) in [6.07, 6.45) is 6.87. The monoisotopic (exact) mass is 208 g/mol. The summed E-state index contributed by atoms with van der Waals surface area (Å²) in [5, 5.41) is 0.710. The number of likely N-dealkylation sites (N-methyl/N-ethyl adjacent to an activating group) is 1. The second-order valence-corrected chi connectivity index (χ2v) is 4.07. The highest BCUT2D eigenvalue weighted by atomic mass is 35.5. The van der Waals surface area contributed by atoms with Gasteiger partial charge in [-0.15, -0.1) is 0 Å². The minimum Gasteiger partial charge on any atom is -0.302 e. The number of pyridine rings is 1. The molecule has 0 radical (unpaired) electrons. The molecule has 0 unspecified atom stereocenters. The molecule has 0 saturated carbocycles. The van der Waals surface area contributed by atoms with Gasteiger partial charge in [-0.05, 0) is 30.7 Å². The fourth-order valence-corrected chi connectivity index (χ4v) is 1.79. The molecule has 2 nitrogen and oxygen atoms in total. The Balaban J connectivity index is 2.23. The standard InChI is InChI=1S/C11H13ClN2/c1-14-4-2-9(3-5-14)10-6-11(12)8-13-7-10/h2,6-8H,3-5H2,1H3. The first-order chi connectivity index (χ1) is 6.75. The lowest BCUT2D eigenvalue weighted by Crippen LogP contribution is -2.23. The Morgan fingerprint density at radius 2 is 2.29 bits per heavy atom. The molecule has 1 aromatic heterocycles. The first-order valence-corrected chi connectivity index (χ1v) is 5.12. The molecule has 2 rings (SSSR count). The number of rotatable bonds is 1. The molecule has 3 heteroatoms. The number of hydrogen-bond acceptors (Lipinski definition) is 2. The van der Waals surface area contributed by atoms with E-state index in [1.165, 1.54) is 5.57 Å². The summed E-state index contributed by atoms with van der Waals surface area (Å²) in [6, 6.07) is 1.98. The van der Waals surface area contributed by atoms with Gasteiger partial charge in [0.25, 0.3) is 0 Å². The fraction of sp³-hybridized carbons (Fsp3) is 0.364. The van der Waals surface area contributed by atoms with Crippen LogP contribution in [0.4, 0.5) is 0 Å². The zero-order chi connectivity index (χ0) is 9.97. The van der Waals surface area contributed by atoms with Gasteiger partial charge in [0.2, 0.25) is 0 Å². The Morgan fingerprint density at radius 3 is 2.93 bits per heavy atom. The van der Waals surface area contributed by atoms with Crippen LogP contribution in [0.25, 0.3) is 5.57 Å². The molecule has 1 aliphatic heterocycles. The normalized spacial score (nSPS) is 18.0. The molecule has 74 valence electrons. The Morgan fingerprint density at radius 1 is 1.43 bits per heavy atom. The maximum Gasteiger partial charge on any atom is 0.0595 e. The highest BCUT2D eigenvalue weighted by molar-refractivity contribution is 6.30. The summed E-state index contributed by atoms with van der Waals surface area (Å²) < 4.78 is 0. The number of hydrogen-bond donors (Lipinski definition) is 0. The molecule has 0 saturated heterocycles. The highest BCUT2D eigenvalue weighted by Gasteiger charge is 2.09. The van der Waals surface area contributed by atoms with Crippen LogP contribution in [0.15, 0.2) is 24.5 Å². The molecule has 0 N–H and O–H groups in total. The van der Waals surface area contributed by atoms with Crippen molar-refractivity contribution in [3.8, 4) is 0 Å². The van der Waals surface area contributed by atoms with E-state index in [4.69, 9.17) is 11.6 Å². The van der Waals surface area contributed by atoms with Gasteiger partial charge < -0.3 is 4.90 Å².